The van der Waals surface area contributed by atoms with Crippen molar-refractivity contribution in [3.63, 3.8) is 0 Å². The Morgan fingerprint density at radius 3 is 2.32 bits per heavy atom. The predicted molar refractivity (Wildman–Crippen MR) is 104 cm³/mol. The van der Waals surface area contributed by atoms with Crippen molar-refractivity contribution >= 4 is 28.4 Å². The Bertz CT molecular complexity index is 1020. The first kappa shape index (κ1) is 19.2. The van der Waals surface area contributed by atoms with E-state index in [1.54, 1.807) is 41.2 Å². The number of benzene rings is 2. The minimum absolute atomic E-state index is 0.00253. The minimum atomic E-state index is -0.285. The molecule has 1 aromatic heterocycles. The van der Waals surface area contributed by atoms with Gasteiger partial charge >= 0.3 is 0 Å². The van der Waals surface area contributed by atoms with Gasteiger partial charge in [0.1, 0.15) is 6.54 Å². The summed E-state index contributed by atoms with van der Waals surface area (Å²) in [6.07, 6.45) is 1.55. The number of carbonyl (C=O) groups is 2. The van der Waals surface area contributed by atoms with Crippen molar-refractivity contribution < 1.29 is 23.8 Å². The van der Waals surface area contributed by atoms with Gasteiger partial charge in [0.2, 0.25) is 11.7 Å². The number of hydrogen-bond acceptors (Lipinski definition) is 6. The molecule has 0 saturated carbocycles. The number of nitrogens with zero attached hydrogens (tertiary/aromatic N) is 2. The van der Waals surface area contributed by atoms with Gasteiger partial charge in [-0.2, -0.15) is 0 Å². The Kier molecular flexibility index (Phi) is 5.49. The Morgan fingerprint density at radius 1 is 1.07 bits per heavy atom. The number of amides is 1. The average Bonchev–Trinajstić information content (AvgIpc) is 3.09. The topological polar surface area (TPSA) is 91.7 Å². The van der Waals surface area contributed by atoms with E-state index in [0.717, 1.165) is 0 Å². The Morgan fingerprint density at radius 2 is 1.75 bits per heavy atom. The summed E-state index contributed by atoms with van der Waals surface area (Å²) in [5.41, 5.74) is 2.31. The second-order valence-corrected chi connectivity index (χ2v) is 6.06. The van der Waals surface area contributed by atoms with Crippen molar-refractivity contribution in [3.8, 4) is 17.2 Å². The average molecular weight is 383 g/mol. The predicted octanol–water partition coefficient (Wildman–Crippen LogP) is 2.90. The lowest BCUT2D eigenvalue weighted by Crippen LogP contribution is -2.19. The molecule has 0 bridgehead atoms. The molecule has 0 atom stereocenters. The number of carbonyl (C=O) groups excluding carboxylic acids is 2. The first-order valence-corrected chi connectivity index (χ1v) is 8.53. The van der Waals surface area contributed by atoms with Crippen molar-refractivity contribution in [1.29, 1.82) is 0 Å². The highest BCUT2D eigenvalue weighted by molar-refractivity contribution is 6.05. The molecule has 1 heterocycles. The number of para-hydroxylation sites is 1. The number of anilines is 1. The van der Waals surface area contributed by atoms with E-state index in [0.29, 0.717) is 39.5 Å². The van der Waals surface area contributed by atoms with Crippen LogP contribution < -0.4 is 19.5 Å². The molecular formula is C20H21N3O5. The zero-order valence-electron chi connectivity index (χ0n) is 16.1. The molecule has 0 aliphatic heterocycles. The summed E-state index contributed by atoms with van der Waals surface area (Å²) >= 11 is 0. The van der Waals surface area contributed by atoms with Crippen LogP contribution in [0.4, 0.5) is 5.69 Å². The summed E-state index contributed by atoms with van der Waals surface area (Å²) in [5.74, 6) is 0.937. The monoisotopic (exact) mass is 383 g/mol. The summed E-state index contributed by atoms with van der Waals surface area (Å²) in [4.78, 5) is 28.8. The Labute approximate surface area is 162 Å². The van der Waals surface area contributed by atoms with Crippen LogP contribution in [0.3, 0.4) is 0 Å². The maximum absolute atomic E-state index is 12.6. The number of methoxy groups -OCH3 is 3. The molecular weight excluding hydrogens is 362 g/mol. The fourth-order valence-corrected chi connectivity index (χ4v) is 3.04. The number of rotatable bonds is 7. The molecule has 3 aromatic rings. The van der Waals surface area contributed by atoms with Crippen LogP contribution in [0.25, 0.3) is 11.0 Å². The first-order chi connectivity index (χ1) is 13.5. The van der Waals surface area contributed by atoms with Gasteiger partial charge in [0, 0.05) is 23.4 Å². The van der Waals surface area contributed by atoms with Crippen molar-refractivity contribution in [3.05, 3.63) is 42.2 Å². The fraction of sp³-hybridized carbons (Fsp3) is 0.250. The highest BCUT2D eigenvalue weighted by Gasteiger charge is 2.16. The summed E-state index contributed by atoms with van der Waals surface area (Å²) in [6.45, 7) is 1.49. The minimum Gasteiger partial charge on any atom is -0.493 e. The van der Waals surface area contributed by atoms with Crippen molar-refractivity contribution in [2.75, 3.05) is 26.6 Å². The fourth-order valence-electron chi connectivity index (χ4n) is 3.04. The van der Waals surface area contributed by atoms with E-state index in [-0.39, 0.29) is 18.2 Å². The highest BCUT2D eigenvalue weighted by atomic mass is 16.5. The van der Waals surface area contributed by atoms with E-state index in [2.05, 4.69) is 10.3 Å². The molecule has 1 amide bonds. The number of imidazole rings is 1. The summed E-state index contributed by atoms with van der Waals surface area (Å²) in [7, 11) is 4.52. The summed E-state index contributed by atoms with van der Waals surface area (Å²) in [6, 6.07) is 8.58. The van der Waals surface area contributed by atoms with Gasteiger partial charge in [-0.05, 0) is 19.1 Å². The lowest BCUT2D eigenvalue weighted by Gasteiger charge is -2.15. The zero-order chi connectivity index (χ0) is 20.3. The van der Waals surface area contributed by atoms with E-state index in [4.69, 9.17) is 14.2 Å². The van der Waals surface area contributed by atoms with Crippen LogP contribution in [0.15, 0.2) is 36.7 Å². The number of ether oxygens (including phenoxy) is 3. The van der Waals surface area contributed by atoms with E-state index < -0.39 is 0 Å². The smallest absolute Gasteiger partial charge is 0.244 e. The Hall–Kier alpha value is -3.55. The SMILES string of the molecule is COc1cc(NC(=O)Cn2cnc3cccc(C(C)=O)c32)cc(OC)c1OC. The van der Waals surface area contributed by atoms with Crippen LogP contribution in [-0.2, 0) is 11.3 Å². The third-order valence-electron chi connectivity index (χ3n) is 4.28. The third kappa shape index (κ3) is 3.62. The van der Waals surface area contributed by atoms with Crippen LogP contribution in [0.5, 0.6) is 17.2 Å². The normalized spacial score (nSPS) is 10.6. The van der Waals surface area contributed by atoms with Gasteiger partial charge in [0.15, 0.2) is 17.3 Å². The molecule has 8 heteroatoms. The number of aromatic nitrogens is 2. The number of nitrogens with one attached hydrogen (secondary N) is 1. The van der Waals surface area contributed by atoms with E-state index >= 15 is 0 Å². The molecule has 0 radical (unpaired) electrons. The Balaban J connectivity index is 1.87. The van der Waals surface area contributed by atoms with Gasteiger partial charge < -0.3 is 24.1 Å². The van der Waals surface area contributed by atoms with Gasteiger partial charge in [0.05, 0.1) is 38.7 Å². The second-order valence-electron chi connectivity index (χ2n) is 6.06. The number of hydrogen-bond donors (Lipinski definition) is 1. The maximum Gasteiger partial charge on any atom is 0.244 e. The van der Waals surface area contributed by atoms with Crippen molar-refractivity contribution in [2.24, 2.45) is 0 Å². The molecule has 8 nitrogen and oxygen atoms in total. The molecule has 0 unspecified atom stereocenters. The number of ketones is 1. The zero-order valence-corrected chi connectivity index (χ0v) is 16.1. The summed E-state index contributed by atoms with van der Waals surface area (Å²) in [5, 5.41) is 2.81. The van der Waals surface area contributed by atoms with E-state index in [1.165, 1.54) is 28.3 Å². The van der Waals surface area contributed by atoms with Crippen LogP contribution in [0, 0.1) is 0 Å². The van der Waals surface area contributed by atoms with E-state index in [9.17, 15) is 9.59 Å². The van der Waals surface area contributed by atoms with Crippen LogP contribution in [0.2, 0.25) is 0 Å². The van der Waals surface area contributed by atoms with Gasteiger partial charge in [0.25, 0.3) is 0 Å². The lowest BCUT2D eigenvalue weighted by atomic mass is 10.1. The first-order valence-electron chi connectivity index (χ1n) is 8.53. The van der Waals surface area contributed by atoms with Gasteiger partial charge in [-0.25, -0.2) is 4.98 Å². The molecule has 0 aliphatic rings. The molecule has 28 heavy (non-hydrogen) atoms. The van der Waals surface area contributed by atoms with Crippen LogP contribution >= 0.6 is 0 Å². The standard InChI is InChI=1S/C20H21N3O5/c1-12(24)14-6-5-7-15-19(14)23(11-21-15)10-18(25)22-13-8-16(26-2)20(28-4)17(9-13)27-3/h5-9,11H,10H2,1-4H3,(H,22,25). The van der Waals surface area contributed by atoms with Gasteiger partial charge in [-0.3, -0.25) is 9.59 Å². The van der Waals surface area contributed by atoms with E-state index in [1.807, 2.05) is 0 Å². The number of fused-ring (bicyclic) bond motifs is 1. The molecule has 3 rings (SSSR count). The van der Waals surface area contributed by atoms with Crippen LogP contribution in [-0.4, -0.2) is 42.6 Å². The molecule has 0 saturated heterocycles. The summed E-state index contributed by atoms with van der Waals surface area (Å²) < 4.78 is 17.5. The molecule has 0 aliphatic carbocycles. The second kappa shape index (κ2) is 7.99. The third-order valence-corrected chi connectivity index (χ3v) is 4.28. The van der Waals surface area contributed by atoms with Gasteiger partial charge in [-0.1, -0.05) is 6.07 Å². The lowest BCUT2D eigenvalue weighted by molar-refractivity contribution is -0.116. The number of Topliss-reactive ketones (excluding diaryl/α,β-unsaturated/α-hetero) is 1. The molecule has 1 N–H and O–H groups in total. The molecule has 0 spiro atoms. The van der Waals surface area contributed by atoms with Crippen molar-refractivity contribution in [1.82, 2.24) is 9.55 Å². The van der Waals surface area contributed by atoms with Crippen LogP contribution in [0.1, 0.15) is 17.3 Å². The quantitative estimate of drug-likeness (QED) is 0.631. The maximum atomic E-state index is 12.6. The molecule has 0 fully saturated rings. The molecule has 146 valence electrons. The largest absolute Gasteiger partial charge is 0.493 e. The molecule has 2 aromatic carbocycles. The van der Waals surface area contributed by atoms with Gasteiger partial charge in [-0.15, -0.1) is 0 Å². The van der Waals surface area contributed by atoms with Crippen molar-refractivity contribution in [2.45, 2.75) is 13.5 Å². The highest BCUT2D eigenvalue weighted by Crippen LogP contribution is 2.39.